The lowest BCUT2D eigenvalue weighted by molar-refractivity contribution is -0.152. The minimum absolute atomic E-state index is 0.103. The summed E-state index contributed by atoms with van der Waals surface area (Å²) < 4.78 is 7.31. The molecule has 3 heterocycles. The molecule has 1 fully saturated rings. The summed E-state index contributed by atoms with van der Waals surface area (Å²) in [6.07, 6.45) is 10.6. The van der Waals surface area contributed by atoms with E-state index in [-0.39, 0.29) is 17.9 Å². The summed E-state index contributed by atoms with van der Waals surface area (Å²) in [5.41, 5.74) is 0.671. The number of hydrogen-bond donors (Lipinski definition) is 0. The molecule has 2 aliphatic heterocycles. The Morgan fingerprint density at radius 3 is 2.74 bits per heavy atom. The van der Waals surface area contributed by atoms with E-state index >= 15 is 0 Å². The summed E-state index contributed by atoms with van der Waals surface area (Å²) in [5, 5.41) is 0.792. The number of carbonyl (C=O) groups is 1. The zero-order valence-electron chi connectivity index (χ0n) is 18.7. The summed E-state index contributed by atoms with van der Waals surface area (Å²) >= 11 is 8.06. The third-order valence-electron chi connectivity index (χ3n) is 6.31. The number of rotatable bonds is 4. The Morgan fingerprint density at radius 1 is 1.32 bits per heavy atom. The van der Waals surface area contributed by atoms with Crippen molar-refractivity contribution >= 4 is 35.2 Å². The minimum atomic E-state index is -0.510. The predicted molar refractivity (Wildman–Crippen MR) is 127 cm³/mol. The number of halogens is 1. The number of allylic oxidation sites excluding steroid dienone is 2. The molecule has 168 valence electrons. The van der Waals surface area contributed by atoms with E-state index in [0.29, 0.717) is 6.54 Å². The van der Waals surface area contributed by atoms with Gasteiger partial charge in [0.1, 0.15) is 5.84 Å². The first kappa shape index (κ1) is 22.5. The second-order valence-corrected chi connectivity index (χ2v) is 10.4. The highest BCUT2D eigenvalue weighted by molar-refractivity contribution is 7.98. The molecule has 1 aromatic heterocycles. The predicted octanol–water partition coefficient (Wildman–Crippen LogP) is 3.46. The van der Waals surface area contributed by atoms with Crippen LogP contribution in [0.15, 0.2) is 45.4 Å². The highest BCUT2D eigenvalue weighted by atomic mass is 35.5. The Hall–Kier alpha value is -1.70. The topological polar surface area (TPSA) is 50.1 Å². The van der Waals surface area contributed by atoms with E-state index < -0.39 is 5.41 Å². The first-order valence-electron chi connectivity index (χ1n) is 10.7. The number of aromatic nitrogens is 1. The van der Waals surface area contributed by atoms with E-state index in [1.165, 1.54) is 17.7 Å². The van der Waals surface area contributed by atoms with Crippen molar-refractivity contribution in [3.05, 3.63) is 41.2 Å². The molecule has 3 aliphatic rings. The number of amidine groups is 1. The minimum Gasteiger partial charge on any atom is -0.469 e. The van der Waals surface area contributed by atoms with Gasteiger partial charge in [0.25, 0.3) is 0 Å². The van der Waals surface area contributed by atoms with Crippen molar-refractivity contribution in [3.63, 3.8) is 0 Å². The zero-order chi connectivity index (χ0) is 22.2. The monoisotopic (exact) mass is 462 g/mol. The first-order chi connectivity index (χ1) is 14.8. The molecular weight excluding hydrogens is 432 g/mol. The van der Waals surface area contributed by atoms with Gasteiger partial charge in [0, 0.05) is 61.3 Å². The molecule has 0 N–H and O–H groups in total. The van der Waals surface area contributed by atoms with Crippen LogP contribution in [0.1, 0.15) is 19.5 Å². The molecule has 0 bridgehead atoms. The van der Waals surface area contributed by atoms with Gasteiger partial charge in [-0.05, 0) is 32.2 Å². The van der Waals surface area contributed by atoms with Crippen LogP contribution in [0.25, 0.3) is 0 Å². The van der Waals surface area contributed by atoms with E-state index in [9.17, 15) is 4.79 Å². The van der Waals surface area contributed by atoms with E-state index in [1.54, 1.807) is 11.8 Å². The summed E-state index contributed by atoms with van der Waals surface area (Å²) in [4.78, 5) is 23.3. The number of thioether (sulfide) groups is 1. The standard InChI is InChI=1S/C23H31ClN4O2S/c1-23(2,22(29)30-3)15-26-7-9-27(10-8-26)21-20-12-18(31-4)14-28(20)13-16-11-17(24)5-6-19(16)25-21/h5-6,11-12,14,16,19H,7-10,13,15H2,1-4H3. The largest absolute Gasteiger partial charge is 0.469 e. The summed E-state index contributed by atoms with van der Waals surface area (Å²) in [7, 11) is 1.46. The lowest BCUT2D eigenvalue weighted by Crippen LogP contribution is -2.52. The van der Waals surface area contributed by atoms with Gasteiger partial charge in [-0.3, -0.25) is 14.7 Å². The molecular formula is C23H31ClN4O2S. The van der Waals surface area contributed by atoms with Crippen LogP contribution in [-0.4, -0.2) is 78.3 Å². The van der Waals surface area contributed by atoms with Gasteiger partial charge in [-0.1, -0.05) is 23.8 Å². The summed E-state index contributed by atoms with van der Waals surface area (Å²) in [6.45, 7) is 9.03. The molecule has 0 spiro atoms. The van der Waals surface area contributed by atoms with Gasteiger partial charge in [0.2, 0.25) is 0 Å². The van der Waals surface area contributed by atoms with Crippen molar-refractivity contribution < 1.29 is 9.53 Å². The molecule has 2 atom stereocenters. The Morgan fingerprint density at radius 2 is 2.06 bits per heavy atom. The number of hydrogen-bond acceptors (Lipinski definition) is 6. The van der Waals surface area contributed by atoms with Gasteiger partial charge in [0.05, 0.1) is 24.3 Å². The van der Waals surface area contributed by atoms with Crippen LogP contribution in [-0.2, 0) is 16.1 Å². The van der Waals surface area contributed by atoms with Crippen molar-refractivity contribution in [1.82, 2.24) is 14.4 Å². The fourth-order valence-electron chi connectivity index (χ4n) is 4.62. The average Bonchev–Trinajstić information content (AvgIpc) is 3.09. The highest BCUT2D eigenvalue weighted by Crippen LogP contribution is 2.31. The molecule has 0 saturated carbocycles. The fraction of sp³-hybridized carbons (Fsp3) is 0.565. The van der Waals surface area contributed by atoms with Crippen LogP contribution in [0.4, 0.5) is 0 Å². The number of piperazine rings is 1. The Bertz CT molecular complexity index is 928. The molecule has 1 saturated heterocycles. The van der Waals surface area contributed by atoms with E-state index in [2.05, 4.69) is 45.0 Å². The molecule has 0 amide bonds. The van der Waals surface area contributed by atoms with Gasteiger partial charge >= 0.3 is 5.97 Å². The van der Waals surface area contributed by atoms with Crippen molar-refractivity contribution in [2.45, 2.75) is 31.3 Å². The number of ether oxygens (including phenoxy) is 1. The number of esters is 1. The average molecular weight is 463 g/mol. The van der Waals surface area contributed by atoms with Crippen LogP contribution in [0.3, 0.4) is 0 Å². The zero-order valence-corrected chi connectivity index (χ0v) is 20.2. The SMILES string of the molecule is COC(=O)C(C)(C)CN1CCN(C2=NC3C=CC(Cl)=CC3Cn3cc(SC)cc32)CC1. The fourth-order valence-corrected chi connectivity index (χ4v) is 5.32. The lowest BCUT2D eigenvalue weighted by atomic mass is 9.92. The van der Waals surface area contributed by atoms with Crippen LogP contribution in [0.2, 0.25) is 0 Å². The first-order valence-corrected chi connectivity index (χ1v) is 12.3. The van der Waals surface area contributed by atoms with Gasteiger partial charge in [0.15, 0.2) is 0 Å². The highest BCUT2D eigenvalue weighted by Gasteiger charge is 2.34. The molecule has 4 rings (SSSR count). The number of methoxy groups -OCH3 is 1. The molecule has 1 aliphatic carbocycles. The third-order valence-corrected chi connectivity index (χ3v) is 7.26. The van der Waals surface area contributed by atoms with Crippen molar-refractivity contribution in [2.75, 3.05) is 46.1 Å². The Labute approximate surface area is 194 Å². The van der Waals surface area contributed by atoms with E-state index in [1.807, 2.05) is 19.9 Å². The van der Waals surface area contributed by atoms with Crippen LogP contribution >= 0.6 is 23.4 Å². The van der Waals surface area contributed by atoms with Crippen molar-refractivity contribution in [2.24, 2.45) is 16.3 Å². The number of fused-ring (bicyclic) bond motifs is 2. The van der Waals surface area contributed by atoms with Crippen molar-refractivity contribution in [3.8, 4) is 0 Å². The second-order valence-electron chi connectivity index (χ2n) is 9.07. The number of nitrogens with zero attached hydrogens (tertiary/aromatic N) is 4. The quantitative estimate of drug-likeness (QED) is 0.506. The van der Waals surface area contributed by atoms with Gasteiger partial charge < -0.3 is 14.2 Å². The second kappa shape index (κ2) is 9.04. The molecule has 1 aromatic rings. The van der Waals surface area contributed by atoms with Crippen LogP contribution < -0.4 is 0 Å². The van der Waals surface area contributed by atoms with Crippen LogP contribution in [0.5, 0.6) is 0 Å². The maximum Gasteiger partial charge on any atom is 0.312 e. The maximum atomic E-state index is 12.1. The van der Waals surface area contributed by atoms with Gasteiger partial charge in [-0.15, -0.1) is 11.8 Å². The Kier molecular flexibility index (Phi) is 6.56. The van der Waals surface area contributed by atoms with E-state index in [0.717, 1.165) is 43.6 Å². The summed E-state index contributed by atoms with van der Waals surface area (Å²) in [6, 6.07) is 2.36. The number of carbonyl (C=O) groups excluding carboxylic acids is 1. The van der Waals surface area contributed by atoms with Crippen molar-refractivity contribution in [1.29, 1.82) is 0 Å². The molecule has 2 unspecified atom stereocenters. The summed E-state index contributed by atoms with van der Waals surface area (Å²) in [5.74, 6) is 1.17. The van der Waals surface area contributed by atoms with Gasteiger partial charge in [-0.2, -0.15) is 0 Å². The van der Waals surface area contributed by atoms with Gasteiger partial charge in [-0.25, -0.2) is 0 Å². The molecule has 31 heavy (non-hydrogen) atoms. The smallest absolute Gasteiger partial charge is 0.312 e. The Balaban J connectivity index is 1.54. The van der Waals surface area contributed by atoms with E-state index in [4.69, 9.17) is 21.3 Å². The molecule has 0 aromatic carbocycles. The maximum absolute atomic E-state index is 12.1. The lowest BCUT2D eigenvalue weighted by Gasteiger charge is -2.39. The van der Waals surface area contributed by atoms with Crippen LogP contribution in [0, 0.1) is 11.3 Å². The number of aliphatic imine (C=N–C) groups is 1. The molecule has 8 heteroatoms. The molecule has 6 nitrogen and oxygen atoms in total. The normalized spacial score (nSPS) is 24.1. The third kappa shape index (κ3) is 4.73. The molecule has 0 radical (unpaired) electrons.